The Morgan fingerprint density at radius 1 is 1.04 bits per heavy atom. The first kappa shape index (κ1) is 18.9. The molecule has 1 aliphatic heterocycles. The Bertz CT molecular complexity index is 904. The fourth-order valence-electron chi connectivity index (χ4n) is 3.35. The summed E-state index contributed by atoms with van der Waals surface area (Å²) in [7, 11) is 0. The molecule has 1 aromatic heterocycles. The van der Waals surface area contributed by atoms with E-state index in [9.17, 15) is 4.39 Å². The van der Waals surface area contributed by atoms with E-state index in [0.717, 1.165) is 49.2 Å². The highest BCUT2D eigenvalue weighted by molar-refractivity contribution is 7.09. The zero-order chi connectivity index (χ0) is 19.3. The summed E-state index contributed by atoms with van der Waals surface area (Å²) in [6.45, 7) is 6.85. The Kier molecular flexibility index (Phi) is 5.88. The van der Waals surface area contributed by atoms with Gasteiger partial charge in [0.2, 0.25) is 0 Å². The van der Waals surface area contributed by atoms with Gasteiger partial charge >= 0.3 is 0 Å². The zero-order valence-electron chi connectivity index (χ0n) is 16.0. The second-order valence-electron chi connectivity index (χ2n) is 7.05. The van der Waals surface area contributed by atoms with Crippen LogP contribution in [0.3, 0.4) is 0 Å². The van der Waals surface area contributed by atoms with Crippen LogP contribution in [0, 0.1) is 12.7 Å². The Hall–Kier alpha value is -2.44. The molecule has 0 amide bonds. The number of aryl methyl sites for hydroxylation is 1. The van der Waals surface area contributed by atoms with Crippen LogP contribution in [0.5, 0.6) is 5.75 Å². The summed E-state index contributed by atoms with van der Waals surface area (Å²) in [5, 5.41) is 3.09. The molecular formula is C22H24FN3OS. The van der Waals surface area contributed by atoms with Crippen molar-refractivity contribution in [3.63, 3.8) is 0 Å². The number of piperazine rings is 1. The highest BCUT2D eigenvalue weighted by Crippen LogP contribution is 2.21. The smallest absolute Gasteiger partial charge is 0.146 e. The zero-order valence-corrected chi connectivity index (χ0v) is 16.8. The third-order valence-electron chi connectivity index (χ3n) is 4.93. The minimum atomic E-state index is -0.145. The van der Waals surface area contributed by atoms with Gasteiger partial charge < -0.3 is 9.64 Å². The molecule has 0 spiro atoms. The summed E-state index contributed by atoms with van der Waals surface area (Å²) in [6, 6.07) is 15.1. The second kappa shape index (κ2) is 8.71. The van der Waals surface area contributed by atoms with E-state index < -0.39 is 0 Å². The first-order valence-corrected chi connectivity index (χ1v) is 10.4. The molecule has 4 rings (SSSR count). The number of hydrogen-bond acceptors (Lipinski definition) is 5. The van der Waals surface area contributed by atoms with E-state index in [0.29, 0.717) is 12.3 Å². The molecule has 0 radical (unpaired) electrons. The minimum Gasteiger partial charge on any atom is -0.486 e. The molecule has 4 nitrogen and oxygen atoms in total. The highest BCUT2D eigenvalue weighted by atomic mass is 32.1. The summed E-state index contributed by atoms with van der Waals surface area (Å²) >= 11 is 1.64. The number of hydrogen-bond donors (Lipinski definition) is 0. The van der Waals surface area contributed by atoms with Crippen molar-refractivity contribution in [1.29, 1.82) is 0 Å². The topological polar surface area (TPSA) is 28.6 Å². The first-order chi connectivity index (χ1) is 13.7. The fourth-order valence-corrected chi connectivity index (χ4v) is 4.05. The van der Waals surface area contributed by atoms with E-state index in [1.165, 1.54) is 11.6 Å². The molecule has 146 valence electrons. The maximum Gasteiger partial charge on any atom is 0.146 e. The van der Waals surface area contributed by atoms with Gasteiger partial charge in [-0.15, -0.1) is 11.3 Å². The van der Waals surface area contributed by atoms with Crippen molar-refractivity contribution in [2.24, 2.45) is 0 Å². The number of rotatable bonds is 6. The molecule has 0 aliphatic carbocycles. The Labute approximate surface area is 169 Å². The lowest BCUT2D eigenvalue weighted by molar-refractivity contribution is 0.246. The van der Waals surface area contributed by atoms with Gasteiger partial charge in [-0.3, -0.25) is 4.90 Å². The van der Waals surface area contributed by atoms with E-state index in [1.54, 1.807) is 17.4 Å². The van der Waals surface area contributed by atoms with Crippen LogP contribution in [0.25, 0.3) is 0 Å². The van der Waals surface area contributed by atoms with Crippen molar-refractivity contribution in [1.82, 2.24) is 9.88 Å². The second-order valence-corrected chi connectivity index (χ2v) is 7.99. The standard InChI is InChI=1S/C22H24FN3OS/c1-17-6-8-19(9-7-17)27-15-22-24-18(16-28-22)14-25-10-12-26(13-11-25)21-5-3-2-4-20(21)23/h2-9,16H,10-15H2,1H3. The monoisotopic (exact) mass is 397 g/mol. The predicted molar refractivity (Wildman–Crippen MR) is 112 cm³/mol. The number of aromatic nitrogens is 1. The van der Waals surface area contributed by atoms with Gasteiger partial charge in [-0.25, -0.2) is 9.37 Å². The molecule has 1 aliphatic rings. The first-order valence-electron chi connectivity index (χ1n) is 9.52. The van der Waals surface area contributed by atoms with Crippen LogP contribution in [-0.2, 0) is 13.2 Å². The molecule has 2 heterocycles. The Morgan fingerprint density at radius 3 is 2.54 bits per heavy atom. The number of halogens is 1. The molecule has 3 aromatic rings. The average molecular weight is 398 g/mol. The lowest BCUT2D eigenvalue weighted by Crippen LogP contribution is -2.46. The van der Waals surface area contributed by atoms with Gasteiger partial charge in [0.05, 0.1) is 11.4 Å². The molecule has 6 heteroatoms. The van der Waals surface area contributed by atoms with Gasteiger partial charge in [0.15, 0.2) is 0 Å². The van der Waals surface area contributed by atoms with E-state index in [-0.39, 0.29) is 5.82 Å². The van der Waals surface area contributed by atoms with Crippen molar-refractivity contribution in [3.05, 3.63) is 76.0 Å². The number of benzene rings is 2. The fraction of sp³-hybridized carbons (Fsp3) is 0.318. The van der Waals surface area contributed by atoms with Crippen LogP contribution < -0.4 is 9.64 Å². The minimum absolute atomic E-state index is 0.145. The lowest BCUT2D eigenvalue weighted by atomic mass is 10.2. The van der Waals surface area contributed by atoms with Gasteiger partial charge in [0, 0.05) is 38.1 Å². The van der Waals surface area contributed by atoms with Crippen molar-refractivity contribution in [2.45, 2.75) is 20.1 Å². The van der Waals surface area contributed by atoms with Crippen molar-refractivity contribution < 1.29 is 9.13 Å². The molecule has 0 bridgehead atoms. The summed E-state index contributed by atoms with van der Waals surface area (Å²) in [4.78, 5) is 9.20. The molecule has 0 N–H and O–H groups in total. The quantitative estimate of drug-likeness (QED) is 0.613. The molecule has 0 atom stereocenters. The maximum absolute atomic E-state index is 14.0. The van der Waals surface area contributed by atoms with Crippen LogP contribution in [0.2, 0.25) is 0 Å². The van der Waals surface area contributed by atoms with Gasteiger partial charge in [-0.2, -0.15) is 0 Å². The van der Waals surface area contributed by atoms with Gasteiger partial charge in [0.1, 0.15) is 23.2 Å². The number of para-hydroxylation sites is 1. The molecule has 2 aromatic carbocycles. The number of ether oxygens (including phenoxy) is 1. The lowest BCUT2D eigenvalue weighted by Gasteiger charge is -2.35. The molecule has 0 unspecified atom stereocenters. The third-order valence-corrected chi connectivity index (χ3v) is 5.80. The van der Waals surface area contributed by atoms with Crippen LogP contribution in [0.4, 0.5) is 10.1 Å². The SMILES string of the molecule is Cc1ccc(OCc2nc(CN3CCN(c4ccccc4F)CC3)cs2)cc1. The van der Waals surface area contributed by atoms with Gasteiger partial charge in [0.25, 0.3) is 0 Å². The highest BCUT2D eigenvalue weighted by Gasteiger charge is 2.20. The molecular weight excluding hydrogens is 373 g/mol. The number of anilines is 1. The Morgan fingerprint density at radius 2 is 1.79 bits per heavy atom. The van der Waals surface area contributed by atoms with Crippen LogP contribution in [-0.4, -0.2) is 36.1 Å². The van der Waals surface area contributed by atoms with E-state index in [1.807, 2.05) is 36.4 Å². The summed E-state index contributed by atoms with van der Waals surface area (Å²) < 4.78 is 19.8. The van der Waals surface area contributed by atoms with E-state index >= 15 is 0 Å². The van der Waals surface area contributed by atoms with E-state index in [2.05, 4.69) is 22.1 Å². The van der Waals surface area contributed by atoms with Crippen LogP contribution in [0.15, 0.2) is 53.9 Å². The predicted octanol–water partition coefficient (Wildman–Crippen LogP) is 4.49. The third kappa shape index (κ3) is 4.69. The summed E-state index contributed by atoms with van der Waals surface area (Å²) in [5.74, 6) is 0.722. The molecule has 1 fully saturated rings. The van der Waals surface area contributed by atoms with Crippen molar-refractivity contribution in [2.75, 3.05) is 31.1 Å². The Balaban J connectivity index is 1.26. The van der Waals surface area contributed by atoms with Gasteiger partial charge in [-0.1, -0.05) is 29.8 Å². The van der Waals surface area contributed by atoms with Crippen molar-refractivity contribution in [3.8, 4) is 5.75 Å². The molecule has 0 saturated carbocycles. The van der Waals surface area contributed by atoms with Crippen LogP contribution >= 0.6 is 11.3 Å². The normalized spacial score (nSPS) is 15.0. The molecule has 1 saturated heterocycles. The molecule has 28 heavy (non-hydrogen) atoms. The maximum atomic E-state index is 14.0. The summed E-state index contributed by atoms with van der Waals surface area (Å²) in [6.07, 6.45) is 0. The van der Waals surface area contributed by atoms with Crippen molar-refractivity contribution >= 4 is 17.0 Å². The van der Waals surface area contributed by atoms with Crippen LogP contribution in [0.1, 0.15) is 16.3 Å². The van der Waals surface area contributed by atoms with E-state index in [4.69, 9.17) is 9.72 Å². The van der Waals surface area contributed by atoms with Gasteiger partial charge in [-0.05, 0) is 31.2 Å². The number of thiazole rings is 1. The average Bonchev–Trinajstić information content (AvgIpc) is 3.16. The largest absolute Gasteiger partial charge is 0.486 e. The summed E-state index contributed by atoms with van der Waals surface area (Å²) in [5.41, 5.74) is 3.00. The number of nitrogens with zero attached hydrogens (tertiary/aromatic N) is 3.